The van der Waals surface area contributed by atoms with Gasteiger partial charge in [0.1, 0.15) is 0 Å². The molecule has 1 atom stereocenters. The highest BCUT2D eigenvalue weighted by Crippen LogP contribution is 2.22. The Morgan fingerprint density at radius 2 is 2.27 bits per heavy atom. The van der Waals surface area contributed by atoms with E-state index in [1.54, 1.807) is 0 Å². The molecule has 1 fully saturated rings. The average molecular weight is 214 g/mol. The molecule has 0 amide bonds. The SMILES string of the molecule is CCN1C(CCC(=O)O)CNCC1(C)C. The predicted molar refractivity (Wildman–Crippen MR) is 60.0 cm³/mol. The molecule has 88 valence electrons. The number of piperazine rings is 1. The molecule has 0 saturated carbocycles. The van der Waals surface area contributed by atoms with Crippen LogP contribution < -0.4 is 5.32 Å². The molecule has 0 aromatic carbocycles. The number of hydrogen-bond acceptors (Lipinski definition) is 3. The minimum atomic E-state index is -0.700. The van der Waals surface area contributed by atoms with Crippen LogP contribution in [-0.4, -0.2) is 47.2 Å². The van der Waals surface area contributed by atoms with Crippen molar-refractivity contribution in [3.8, 4) is 0 Å². The van der Waals surface area contributed by atoms with Crippen LogP contribution in [0.25, 0.3) is 0 Å². The molecule has 2 N–H and O–H groups in total. The van der Waals surface area contributed by atoms with Gasteiger partial charge in [0.25, 0.3) is 0 Å². The maximum Gasteiger partial charge on any atom is 0.303 e. The van der Waals surface area contributed by atoms with Crippen molar-refractivity contribution in [2.24, 2.45) is 0 Å². The standard InChI is InChI=1S/C11H22N2O2/c1-4-13-9(5-6-10(14)15)7-12-8-11(13,2)3/h9,12H,4-8H2,1-3H3,(H,14,15). The Bertz CT molecular complexity index is 229. The number of aliphatic carboxylic acids is 1. The summed E-state index contributed by atoms with van der Waals surface area (Å²) in [5, 5.41) is 12.1. The van der Waals surface area contributed by atoms with Gasteiger partial charge in [-0.3, -0.25) is 9.69 Å². The molecule has 1 aliphatic rings. The molecule has 4 nitrogen and oxygen atoms in total. The zero-order valence-electron chi connectivity index (χ0n) is 9.92. The number of carboxylic acids is 1. The quantitative estimate of drug-likeness (QED) is 0.731. The van der Waals surface area contributed by atoms with Gasteiger partial charge >= 0.3 is 5.97 Å². The molecule has 0 aromatic rings. The second-order valence-electron chi connectivity index (χ2n) is 4.82. The first kappa shape index (κ1) is 12.5. The van der Waals surface area contributed by atoms with Crippen LogP contribution in [0.4, 0.5) is 0 Å². The van der Waals surface area contributed by atoms with Crippen molar-refractivity contribution in [1.82, 2.24) is 10.2 Å². The number of nitrogens with zero attached hydrogens (tertiary/aromatic N) is 1. The van der Waals surface area contributed by atoms with Crippen LogP contribution in [0.5, 0.6) is 0 Å². The molecule has 0 radical (unpaired) electrons. The summed E-state index contributed by atoms with van der Waals surface area (Å²) in [6.07, 6.45) is 0.999. The van der Waals surface area contributed by atoms with Crippen LogP contribution in [0.15, 0.2) is 0 Å². The Labute approximate surface area is 91.6 Å². The minimum absolute atomic E-state index is 0.135. The fraction of sp³-hybridized carbons (Fsp3) is 0.909. The Morgan fingerprint density at radius 1 is 1.60 bits per heavy atom. The molecular formula is C11H22N2O2. The molecule has 4 heteroatoms. The Balaban J connectivity index is 2.57. The largest absolute Gasteiger partial charge is 0.481 e. The van der Waals surface area contributed by atoms with Gasteiger partial charge < -0.3 is 10.4 Å². The molecule has 1 saturated heterocycles. The Kier molecular flexibility index (Phi) is 4.11. The first-order valence-corrected chi connectivity index (χ1v) is 5.66. The van der Waals surface area contributed by atoms with Crippen LogP contribution in [0.1, 0.15) is 33.6 Å². The van der Waals surface area contributed by atoms with Gasteiger partial charge in [0.15, 0.2) is 0 Å². The molecule has 1 rings (SSSR count). The highest BCUT2D eigenvalue weighted by atomic mass is 16.4. The highest BCUT2D eigenvalue weighted by molar-refractivity contribution is 5.66. The van der Waals surface area contributed by atoms with E-state index in [1.807, 2.05) is 0 Å². The molecule has 0 spiro atoms. The lowest BCUT2D eigenvalue weighted by Gasteiger charge is -2.47. The predicted octanol–water partition coefficient (Wildman–Crippen LogP) is 0.923. The minimum Gasteiger partial charge on any atom is -0.481 e. The summed E-state index contributed by atoms with van der Waals surface area (Å²) >= 11 is 0. The lowest BCUT2D eigenvalue weighted by atomic mass is 9.94. The monoisotopic (exact) mass is 214 g/mol. The second-order valence-corrected chi connectivity index (χ2v) is 4.82. The van der Waals surface area contributed by atoms with Gasteiger partial charge in [-0.2, -0.15) is 0 Å². The number of carbonyl (C=O) groups is 1. The van der Waals surface area contributed by atoms with Gasteiger partial charge in [-0.05, 0) is 26.8 Å². The number of carboxylic acid groups (broad SMARTS) is 1. The summed E-state index contributed by atoms with van der Waals surface area (Å²) in [5.41, 5.74) is 0.135. The van der Waals surface area contributed by atoms with Gasteiger partial charge in [0, 0.05) is 31.1 Å². The smallest absolute Gasteiger partial charge is 0.303 e. The maximum absolute atomic E-state index is 10.6. The van der Waals surface area contributed by atoms with Crippen LogP contribution >= 0.6 is 0 Å². The summed E-state index contributed by atoms with van der Waals surface area (Å²) in [6, 6.07) is 0.356. The molecule has 1 heterocycles. The maximum atomic E-state index is 10.6. The second kappa shape index (κ2) is 4.94. The van der Waals surface area contributed by atoms with Crippen molar-refractivity contribution < 1.29 is 9.90 Å². The Morgan fingerprint density at radius 3 is 2.80 bits per heavy atom. The van der Waals surface area contributed by atoms with Gasteiger partial charge in [0.2, 0.25) is 0 Å². The zero-order chi connectivity index (χ0) is 11.5. The van der Waals surface area contributed by atoms with Crippen molar-refractivity contribution in [2.75, 3.05) is 19.6 Å². The van der Waals surface area contributed by atoms with E-state index < -0.39 is 5.97 Å². The molecule has 1 aliphatic heterocycles. The number of likely N-dealkylation sites (N-methyl/N-ethyl adjacent to an activating group) is 1. The van der Waals surface area contributed by atoms with Gasteiger partial charge in [0.05, 0.1) is 0 Å². The van der Waals surface area contributed by atoms with Crippen LogP contribution in [0, 0.1) is 0 Å². The van der Waals surface area contributed by atoms with Crippen LogP contribution in [0.3, 0.4) is 0 Å². The molecule has 0 bridgehead atoms. The van der Waals surface area contributed by atoms with E-state index >= 15 is 0 Å². The van der Waals surface area contributed by atoms with Crippen molar-refractivity contribution in [3.05, 3.63) is 0 Å². The van der Waals surface area contributed by atoms with E-state index in [0.717, 1.165) is 26.1 Å². The molecule has 0 aromatic heterocycles. The summed E-state index contributed by atoms with van der Waals surface area (Å²) in [7, 11) is 0. The van der Waals surface area contributed by atoms with E-state index in [0.29, 0.717) is 6.04 Å². The van der Waals surface area contributed by atoms with Crippen molar-refractivity contribution in [1.29, 1.82) is 0 Å². The summed E-state index contributed by atoms with van der Waals surface area (Å²) in [4.78, 5) is 13.0. The molecule has 0 aliphatic carbocycles. The third-order valence-corrected chi connectivity index (χ3v) is 3.19. The average Bonchev–Trinajstić information content (AvgIpc) is 2.13. The fourth-order valence-electron chi connectivity index (χ4n) is 2.48. The lowest BCUT2D eigenvalue weighted by Crippen LogP contribution is -2.62. The first-order chi connectivity index (χ1) is 6.97. The van der Waals surface area contributed by atoms with Crippen LogP contribution in [-0.2, 0) is 4.79 Å². The van der Waals surface area contributed by atoms with Crippen molar-refractivity contribution in [2.45, 2.75) is 45.2 Å². The van der Waals surface area contributed by atoms with Gasteiger partial charge in [-0.25, -0.2) is 0 Å². The topological polar surface area (TPSA) is 52.6 Å². The fourth-order valence-corrected chi connectivity index (χ4v) is 2.48. The summed E-state index contributed by atoms with van der Waals surface area (Å²) < 4.78 is 0. The molecular weight excluding hydrogens is 192 g/mol. The number of hydrogen-bond donors (Lipinski definition) is 2. The van der Waals surface area contributed by atoms with E-state index in [1.165, 1.54) is 0 Å². The number of nitrogens with one attached hydrogen (secondary N) is 1. The highest BCUT2D eigenvalue weighted by Gasteiger charge is 2.34. The van der Waals surface area contributed by atoms with Crippen molar-refractivity contribution in [3.63, 3.8) is 0 Å². The molecule has 1 unspecified atom stereocenters. The van der Waals surface area contributed by atoms with E-state index in [-0.39, 0.29) is 12.0 Å². The third-order valence-electron chi connectivity index (χ3n) is 3.19. The summed E-state index contributed by atoms with van der Waals surface area (Å²) in [6.45, 7) is 9.42. The normalized spacial score (nSPS) is 26.5. The van der Waals surface area contributed by atoms with Crippen LogP contribution in [0.2, 0.25) is 0 Å². The van der Waals surface area contributed by atoms with E-state index in [2.05, 4.69) is 31.0 Å². The van der Waals surface area contributed by atoms with E-state index in [4.69, 9.17) is 5.11 Å². The first-order valence-electron chi connectivity index (χ1n) is 5.66. The summed E-state index contributed by atoms with van der Waals surface area (Å²) in [5.74, 6) is -0.700. The van der Waals surface area contributed by atoms with Gasteiger partial charge in [-0.1, -0.05) is 6.92 Å². The Hall–Kier alpha value is -0.610. The van der Waals surface area contributed by atoms with E-state index in [9.17, 15) is 4.79 Å². The van der Waals surface area contributed by atoms with Crippen molar-refractivity contribution >= 4 is 5.97 Å². The third kappa shape index (κ3) is 3.18. The lowest BCUT2D eigenvalue weighted by molar-refractivity contribution is -0.137. The zero-order valence-corrected chi connectivity index (χ0v) is 9.92. The van der Waals surface area contributed by atoms with Gasteiger partial charge in [-0.15, -0.1) is 0 Å². The number of rotatable bonds is 4. The molecule has 15 heavy (non-hydrogen) atoms.